The van der Waals surface area contributed by atoms with E-state index in [1.807, 2.05) is 0 Å². The van der Waals surface area contributed by atoms with Gasteiger partial charge in [-0.2, -0.15) is 0 Å². The molecule has 0 N–H and O–H groups in total. The lowest BCUT2D eigenvalue weighted by Gasteiger charge is -2.18. The van der Waals surface area contributed by atoms with Gasteiger partial charge in [0.2, 0.25) is 0 Å². The summed E-state index contributed by atoms with van der Waals surface area (Å²) in [6, 6.07) is 4.87. The molecule has 4 nitrogen and oxygen atoms in total. The summed E-state index contributed by atoms with van der Waals surface area (Å²) in [5.74, 6) is -0.622. The molecule has 20 heavy (non-hydrogen) atoms. The summed E-state index contributed by atoms with van der Waals surface area (Å²) in [6.45, 7) is 0.808. The molecule has 0 saturated carbocycles. The summed E-state index contributed by atoms with van der Waals surface area (Å²) < 4.78 is 28.7. The molecule has 0 aliphatic carbocycles. The first-order chi connectivity index (χ1) is 9.54. The summed E-state index contributed by atoms with van der Waals surface area (Å²) in [5, 5.41) is 0.858. The van der Waals surface area contributed by atoms with Gasteiger partial charge in [-0.15, -0.1) is 0 Å². The van der Waals surface area contributed by atoms with Crippen molar-refractivity contribution in [2.45, 2.75) is 11.7 Å². The molecule has 0 radical (unpaired) electrons. The van der Waals surface area contributed by atoms with Crippen molar-refractivity contribution < 1.29 is 18.6 Å². The van der Waals surface area contributed by atoms with Crippen LogP contribution in [-0.4, -0.2) is 24.9 Å². The van der Waals surface area contributed by atoms with Gasteiger partial charge in [0.05, 0.1) is 18.2 Å². The fraction of sp³-hybridized carbons (Fsp3) is 0.333. The molecule has 3 rings (SSSR count). The van der Waals surface area contributed by atoms with E-state index >= 15 is 0 Å². The zero-order valence-electron chi connectivity index (χ0n) is 10.1. The lowest BCUT2D eigenvalue weighted by Crippen LogP contribution is -2.03. The number of benzene rings is 1. The molecular weight excluding hydrogens is 345 g/mol. The summed E-state index contributed by atoms with van der Waals surface area (Å²) in [4.78, 5) is 0. The van der Waals surface area contributed by atoms with Crippen molar-refractivity contribution in [1.29, 1.82) is 0 Å². The van der Waals surface area contributed by atoms with E-state index in [1.54, 1.807) is 18.2 Å². The van der Waals surface area contributed by atoms with Crippen molar-refractivity contribution in [3.8, 4) is 0 Å². The number of hydrogen-bond donors (Lipinski definition) is 0. The van der Waals surface area contributed by atoms with Crippen LogP contribution in [0.3, 0.4) is 0 Å². The average molecular weight is 356 g/mol. The Bertz CT molecular complexity index is 595. The van der Waals surface area contributed by atoms with E-state index in [9.17, 15) is 4.57 Å². The second-order valence-corrected chi connectivity index (χ2v) is 8.10. The zero-order valence-corrected chi connectivity index (χ0v) is 13.3. The van der Waals surface area contributed by atoms with Gasteiger partial charge in [-0.05, 0) is 18.2 Å². The van der Waals surface area contributed by atoms with Crippen LogP contribution < -0.4 is 0 Å². The Morgan fingerprint density at radius 2 is 1.90 bits per heavy atom. The van der Waals surface area contributed by atoms with Crippen LogP contribution in [0.2, 0.25) is 10.0 Å². The monoisotopic (exact) mass is 354 g/mol. The Morgan fingerprint density at radius 3 is 2.35 bits per heavy atom. The first-order valence-corrected chi connectivity index (χ1v) is 8.78. The number of ether oxygens (including phenoxy) is 2. The molecule has 8 heteroatoms. The molecular formula is C12H10Cl3O4P. The van der Waals surface area contributed by atoms with Crippen molar-refractivity contribution in [2.24, 2.45) is 0 Å². The Morgan fingerprint density at radius 1 is 1.30 bits per heavy atom. The zero-order chi connectivity index (χ0) is 14.3. The summed E-state index contributed by atoms with van der Waals surface area (Å²) >= 11 is 17.7. The van der Waals surface area contributed by atoms with Crippen LogP contribution in [0.25, 0.3) is 5.76 Å². The molecule has 0 bridgehead atoms. The predicted molar refractivity (Wildman–Crippen MR) is 78.5 cm³/mol. The van der Waals surface area contributed by atoms with Crippen LogP contribution in [0.5, 0.6) is 0 Å². The summed E-state index contributed by atoms with van der Waals surface area (Å²) in [6.07, 6.45) is 0. The Balaban J connectivity index is 1.88. The number of epoxide rings is 2. The van der Waals surface area contributed by atoms with Crippen molar-refractivity contribution in [1.82, 2.24) is 0 Å². The quantitative estimate of drug-likeness (QED) is 0.442. The van der Waals surface area contributed by atoms with E-state index < -0.39 is 19.1 Å². The predicted octanol–water partition coefficient (Wildman–Crippen LogP) is 4.54. The molecule has 2 fully saturated rings. The van der Waals surface area contributed by atoms with Crippen LogP contribution in [0.4, 0.5) is 0 Å². The fourth-order valence-electron chi connectivity index (χ4n) is 1.78. The van der Waals surface area contributed by atoms with Gasteiger partial charge in [-0.1, -0.05) is 34.8 Å². The first-order valence-electron chi connectivity index (χ1n) is 5.82. The Hall–Kier alpha value is -0.220. The smallest absolute Gasteiger partial charge is 0.308 e. The lowest BCUT2D eigenvalue weighted by molar-refractivity contribution is 0.374. The third-order valence-corrected chi connectivity index (χ3v) is 6.40. The Kier molecular flexibility index (Phi) is 4.06. The SMILES string of the molecule is O=P(O/C(=C\Cl)c1ccc(Cl)cc1Cl)(C1CO1)C1CO1. The van der Waals surface area contributed by atoms with Gasteiger partial charge in [0.1, 0.15) is 5.76 Å². The van der Waals surface area contributed by atoms with Crippen LogP contribution in [0.1, 0.15) is 5.56 Å². The maximum Gasteiger partial charge on any atom is 0.308 e. The molecule has 0 amide bonds. The lowest BCUT2D eigenvalue weighted by atomic mass is 10.2. The number of halogens is 3. The van der Waals surface area contributed by atoms with E-state index in [1.165, 1.54) is 5.54 Å². The van der Waals surface area contributed by atoms with E-state index in [4.69, 9.17) is 48.8 Å². The molecule has 2 aliphatic heterocycles. The molecule has 0 spiro atoms. The highest BCUT2D eigenvalue weighted by atomic mass is 35.5. The molecule has 2 atom stereocenters. The van der Waals surface area contributed by atoms with Gasteiger partial charge in [-0.25, -0.2) is 0 Å². The topological polar surface area (TPSA) is 51.4 Å². The molecule has 1 aromatic rings. The molecule has 2 heterocycles. The van der Waals surface area contributed by atoms with E-state index in [2.05, 4.69) is 0 Å². The Labute approximate surface area is 131 Å². The maximum absolute atomic E-state index is 12.8. The van der Waals surface area contributed by atoms with E-state index in [0.29, 0.717) is 28.8 Å². The van der Waals surface area contributed by atoms with Gasteiger partial charge < -0.3 is 14.0 Å². The number of rotatable bonds is 5. The van der Waals surface area contributed by atoms with Crippen LogP contribution >= 0.6 is 42.2 Å². The van der Waals surface area contributed by atoms with Gasteiger partial charge in [0.25, 0.3) is 0 Å². The average Bonchev–Trinajstić information content (AvgIpc) is 3.29. The third kappa shape index (κ3) is 2.87. The van der Waals surface area contributed by atoms with Crippen LogP contribution in [-0.2, 0) is 18.6 Å². The minimum absolute atomic E-state index is 0.225. The largest absolute Gasteiger partial charge is 0.438 e. The van der Waals surface area contributed by atoms with Crippen molar-refractivity contribution >= 4 is 47.9 Å². The number of hydrogen-bond acceptors (Lipinski definition) is 4. The third-order valence-electron chi connectivity index (χ3n) is 2.97. The van der Waals surface area contributed by atoms with E-state index in [-0.39, 0.29) is 5.76 Å². The molecule has 2 saturated heterocycles. The molecule has 2 unspecified atom stereocenters. The molecule has 1 aromatic carbocycles. The van der Waals surface area contributed by atoms with E-state index in [0.717, 1.165) is 0 Å². The minimum atomic E-state index is -3.10. The summed E-state index contributed by atoms with van der Waals surface area (Å²) in [5.41, 5.74) is 1.72. The van der Waals surface area contributed by atoms with Crippen LogP contribution in [0.15, 0.2) is 23.7 Å². The van der Waals surface area contributed by atoms with Gasteiger partial charge in [0, 0.05) is 16.1 Å². The van der Waals surface area contributed by atoms with Crippen molar-refractivity contribution in [2.75, 3.05) is 13.2 Å². The molecule has 108 valence electrons. The highest BCUT2D eigenvalue weighted by molar-refractivity contribution is 7.61. The molecule has 0 aromatic heterocycles. The van der Waals surface area contributed by atoms with Gasteiger partial charge >= 0.3 is 7.37 Å². The highest BCUT2D eigenvalue weighted by Gasteiger charge is 2.57. The maximum atomic E-state index is 12.8. The second kappa shape index (κ2) is 5.53. The van der Waals surface area contributed by atoms with Crippen molar-refractivity contribution in [3.05, 3.63) is 39.3 Å². The second-order valence-electron chi connectivity index (χ2n) is 4.41. The van der Waals surface area contributed by atoms with Crippen LogP contribution in [0, 0.1) is 0 Å². The minimum Gasteiger partial charge on any atom is -0.438 e. The highest BCUT2D eigenvalue weighted by Crippen LogP contribution is 2.67. The summed E-state index contributed by atoms with van der Waals surface area (Å²) in [7, 11) is -3.10. The van der Waals surface area contributed by atoms with Gasteiger partial charge in [0.15, 0.2) is 11.7 Å². The van der Waals surface area contributed by atoms with Crippen molar-refractivity contribution in [3.63, 3.8) is 0 Å². The fourth-order valence-corrected chi connectivity index (χ4v) is 4.57. The normalized spacial score (nSPS) is 27.9. The molecule has 2 aliphatic rings. The van der Waals surface area contributed by atoms with Gasteiger partial charge in [-0.3, -0.25) is 4.57 Å². The standard InChI is InChI=1S/C12H10Cl3O4P/c13-4-10(8-2-1-7(14)3-9(8)15)19-20(16,11-5-17-11)12-6-18-12/h1-4,11-12H,5-6H2/b10-4-. The first kappa shape index (κ1) is 14.7.